The van der Waals surface area contributed by atoms with Crippen LogP contribution in [0.2, 0.25) is 0 Å². The molecule has 2 N–H and O–H groups in total. The van der Waals surface area contributed by atoms with Crippen LogP contribution in [0.3, 0.4) is 0 Å². The molecule has 1 aromatic carbocycles. The Labute approximate surface area is 114 Å². The third kappa shape index (κ3) is 2.09. The van der Waals surface area contributed by atoms with Crippen LogP contribution >= 0.6 is 11.3 Å². The highest BCUT2D eigenvalue weighted by molar-refractivity contribution is 7.15. The zero-order valence-corrected chi connectivity index (χ0v) is 11.4. The van der Waals surface area contributed by atoms with E-state index in [0.29, 0.717) is 6.54 Å². The summed E-state index contributed by atoms with van der Waals surface area (Å²) in [6.07, 6.45) is 0.717. The predicted molar refractivity (Wildman–Crippen MR) is 75.6 cm³/mol. The van der Waals surface area contributed by atoms with Crippen LogP contribution in [-0.4, -0.2) is 28.3 Å². The number of benzene rings is 1. The predicted octanol–water partition coefficient (Wildman–Crippen LogP) is 1.97. The van der Waals surface area contributed by atoms with Crippen molar-refractivity contribution in [2.45, 2.75) is 6.42 Å². The first-order chi connectivity index (χ1) is 9.33. The molecule has 0 saturated carbocycles. The lowest BCUT2D eigenvalue weighted by Crippen LogP contribution is -2.06. The van der Waals surface area contributed by atoms with Crippen molar-refractivity contribution in [2.75, 3.05) is 13.7 Å². The van der Waals surface area contributed by atoms with Crippen molar-refractivity contribution < 1.29 is 4.74 Å². The van der Waals surface area contributed by atoms with Crippen LogP contribution in [0.5, 0.6) is 5.75 Å². The van der Waals surface area contributed by atoms with Gasteiger partial charge in [-0.05, 0) is 18.7 Å². The maximum Gasteiger partial charge on any atom is 0.216 e. The van der Waals surface area contributed by atoms with Gasteiger partial charge in [-0.25, -0.2) is 0 Å². The monoisotopic (exact) mass is 274 g/mol. The van der Waals surface area contributed by atoms with E-state index in [4.69, 9.17) is 10.5 Å². The van der Waals surface area contributed by atoms with E-state index in [-0.39, 0.29) is 0 Å². The first-order valence-electron chi connectivity index (χ1n) is 5.99. The second kappa shape index (κ2) is 4.99. The Kier molecular flexibility index (Phi) is 3.18. The summed E-state index contributed by atoms with van der Waals surface area (Å²) in [4.78, 5) is 0.890. The molecular formula is C13H14N4OS. The van der Waals surface area contributed by atoms with Gasteiger partial charge in [-0.1, -0.05) is 12.1 Å². The number of thiazole rings is 1. The second-order valence-electron chi connectivity index (χ2n) is 4.13. The Morgan fingerprint density at radius 3 is 3.05 bits per heavy atom. The minimum Gasteiger partial charge on any atom is -0.497 e. The number of methoxy groups -OCH3 is 1. The summed E-state index contributed by atoms with van der Waals surface area (Å²) in [5, 5.41) is 10.4. The van der Waals surface area contributed by atoms with Gasteiger partial charge in [0.15, 0.2) is 0 Å². The molecule has 0 fully saturated rings. The number of hydrogen-bond acceptors (Lipinski definition) is 5. The van der Waals surface area contributed by atoms with Crippen molar-refractivity contribution in [3.63, 3.8) is 0 Å². The number of nitrogens with zero attached hydrogens (tertiary/aromatic N) is 3. The van der Waals surface area contributed by atoms with Crippen LogP contribution in [0.25, 0.3) is 16.2 Å². The molecule has 0 aliphatic carbocycles. The molecule has 0 radical (unpaired) electrons. The van der Waals surface area contributed by atoms with Crippen LogP contribution < -0.4 is 10.5 Å². The van der Waals surface area contributed by atoms with Crippen molar-refractivity contribution in [1.82, 2.24) is 14.6 Å². The molecule has 6 heteroatoms. The summed E-state index contributed by atoms with van der Waals surface area (Å²) in [5.41, 5.74) is 7.78. The van der Waals surface area contributed by atoms with Crippen molar-refractivity contribution in [3.05, 3.63) is 35.5 Å². The summed E-state index contributed by atoms with van der Waals surface area (Å²) in [5.74, 6) is 1.74. The molecule has 0 aliphatic heterocycles. The number of hydrogen-bond donors (Lipinski definition) is 1. The highest BCUT2D eigenvalue weighted by Crippen LogP contribution is 2.28. The third-order valence-electron chi connectivity index (χ3n) is 2.95. The molecule has 3 aromatic rings. The number of aromatic nitrogens is 3. The molecule has 0 aliphatic rings. The molecule has 2 heterocycles. The van der Waals surface area contributed by atoms with Crippen LogP contribution in [0, 0.1) is 0 Å². The molecule has 5 nitrogen and oxygen atoms in total. The normalized spacial score (nSPS) is 11.1. The Bertz CT molecular complexity index is 704. The topological polar surface area (TPSA) is 65.4 Å². The molecule has 98 valence electrons. The number of ether oxygens (including phenoxy) is 1. The van der Waals surface area contributed by atoms with E-state index in [1.165, 1.54) is 0 Å². The van der Waals surface area contributed by atoms with Gasteiger partial charge in [0.25, 0.3) is 0 Å². The van der Waals surface area contributed by atoms with Gasteiger partial charge < -0.3 is 10.5 Å². The Hall–Kier alpha value is -1.92. The number of rotatable bonds is 4. The third-order valence-corrected chi connectivity index (χ3v) is 3.77. The van der Waals surface area contributed by atoms with Gasteiger partial charge in [0.05, 0.1) is 12.8 Å². The molecular weight excluding hydrogens is 260 g/mol. The van der Waals surface area contributed by atoms with E-state index < -0.39 is 0 Å². The largest absolute Gasteiger partial charge is 0.497 e. The molecule has 3 rings (SSSR count). The van der Waals surface area contributed by atoms with Crippen molar-refractivity contribution in [1.29, 1.82) is 0 Å². The maximum absolute atomic E-state index is 5.62. The van der Waals surface area contributed by atoms with E-state index in [9.17, 15) is 0 Å². The summed E-state index contributed by atoms with van der Waals surface area (Å²) < 4.78 is 7.33. The van der Waals surface area contributed by atoms with Gasteiger partial charge in [0.1, 0.15) is 11.6 Å². The fraction of sp³-hybridized carbons (Fsp3) is 0.231. The quantitative estimate of drug-likeness (QED) is 0.790. The van der Waals surface area contributed by atoms with Crippen molar-refractivity contribution in [2.24, 2.45) is 5.73 Å². The molecule has 19 heavy (non-hydrogen) atoms. The summed E-state index contributed by atoms with van der Waals surface area (Å²) in [6, 6.07) is 7.97. The van der Waals surface area contributed by atoms with Crippen LogP contribution in [-0.2, 0) is 6.42 Å². The highest BCUT2D eigenvalue weighted by atomic mass is 32.1. The fourth-order valence-corrected chi connectivity index (χ4v) is 2.91. The van der Waals surface area contributed by atoms with E-state index in [2.05, 4.69) is 26.0 Å². The smallest absolute Gasteiger partial charge is 0.216 e. The van der Waals surface area contributed by atoms with Gasteiger partial charge in [-0.3, -0.25) is 4.40 Å². The van der Waals surface area contributed by atoms with Gasteiger partial charge >= 0.3 is 0 Å². The average Bonchev–Trinajstić information content (AvgIpc) is 3.02. The molecule has 0 bridgehead atoms. The minimum absolute atomic E-state index is 0.564. The van der Waals surface area contributed by atoms with Crippen molar-refractivity contribution in [3.8, 4) is 17.0 Å². The summed E-state index contributed by atoms with van der Waals surface area (Å²) in [6.45, 7) is 0.564. The molecule has 0 unspecified atom stereocenters. The van der Waals surface area contributed by atoms with Crippen molar-refractivity contribution >= 4 is 16.3 Å². The standard InChI is InChI=1S/C13H14N4OS/c1-18-10-4-2-3-9(7-10)11-8-19-13-16-15-12(5-6-14)17(11)13/h2-4,7-8H,5-6,14H2,1H3. The Balaban J connectivity index is 2.15. The Morgan fingerprint density at radius 2 is 2.26 bits per heavy atom. The molecule has 0 saturated heterocycles. The van der Waals surface area contributed by atoms with Crippen LogP contribution in [0.4, 0.5) is 0 Å². The number of nitrogens with two attached hydrogens (primary N) is 1. The highest BCUT2D eigenvalue weighted by Gasteiger charge is 2.13. The molecule has 0 spiro atoms. The summed E-state index contributed by atoms with van der Waals surface area (Å²) >= 11 is 1.58. The molecule has 0 atom stereocenters. The lowest BCUT2D eigenvalue weighted by atomic mass is 10.1. The van der Waals surface area contributed by atoms with Crippen LogP contribution in [0.15, 0.2) is 29.6 Å². The lowest BCUT2D eigenvalue weighted by molar-refractivity contribution is 0.415. The molecule has 2 aromatic heterocycles. The van der Waals surface area contributed by atoms with Gasteiger partial charge in [0, 0.05) is 17.4 Å². The maximum atomic E-state index is 5.62. The SMILES string of the molecule is COc1cccc(-c2csc3nnc(CCN)n23)c1. The Morgan fingerprint density at radius 1 is 1.37 bits per heavy atom. The first-order valence-corrected chi connectivity index (χ1v) is 6.87. The second-order valence-corrected chi connectivity index (χ2v) is 4.96. The van der Waals surface area contributed by atoms with Gasteiger partial charge in [0.2, 0.25) is 4.96 Å². The van der Waals surface area contributed by atoms with E-state index in [1.54, 1.807) is 18.4 Å². The average molecular weight is 274 g/mol. The minimum atomic E-state index is 0.564. The zero-order chi connectivity index (χ0) is 13.2. The fourth-order valence-electron chi connectivity index (χ4n) is 2.05. The van der Waals surface area contributed by atoms with Crippen LogP contribution in [0.1, 0.15) is 5.82 Å². The van der Waals surface area contributed by atoms with E-state index in [1.807, 2.05) is 18.2 Å². The molecule has 0 amide bonds. The first kappa shape index (κ1) is 12.1. The van der Waals surface area contributed by atoms with E-state index in [0.717, 1.165) is 34.2 Å². The number of fused-ring (bicyclic) bond motifs is 1. The van der Waals surface area contributed by atoms with Gasteiger partial charge in [-0.2, -0.15) is 0 Å². The van der Waals surface area contributed by atoms with Gasteiger partial charge in [-0.15, -0.1) is 21.5 Å². The summed E-state index contributed by atoms with van der Waals surface area (Å²) in [7, 11) is 1.67. The zero-order valence-electron chi connectivity index (χ0n) is 10.5. The van der Waals surface area contributed by atoms with E-state index >= 15 is 0 Å². The lowest BCUT2D eigenvalue weighted by Gasteiger charge is -2.05.